The molecule has 2 saturated heterocycles. The Kier molecular flexibility index (Phi) is 5.27. The Bertz CT molecular complexity index is 1280. The van der Waals surface area contributed by atoms with E-state index in [0.717, 1.165) is 24.2 Å². The highest BCUT2D eigenvalue weighted by atomic mass is 32.1. The molecule has 35 heavy (non-hydrogen) atoms. The van der Waals surface area contributed by atoms with Crippen LogP contribution in [-0.2, 0) is 0 Å². The van der Waals surface area contributed by atoms with Gasteiger partial charge in [-0.2, -0.15) is 5.26 Å². The number of aromatic hydroxyl groups is 1. The third-order valence-electron chi connectivity index (χ3n) is 7.68. The zero-order valence-corrected chi connectivity index (χ0v) is 20.8. The maximum atomic E-state index is 10.7. The smallest absolute Gasteiger partial charge is 0.185 e. The van der Waals surface area contributed by atoms with E-state index in [9.17, 15) is 5.11 Å². The molecule has 1 unspecified atom stereocenters. The van der Waals surface area contributed by atoms with Gasteiger partial charge in [0.2, 0.25) is 0 Å². The third kappa shape index (κ3) is 4.26. The maximum Gasteiger partial charge on any atom is 0.185 e. The van der Waals surface area contributed by atoms with Gasteiger partial charge in [-0.25, -0.2) is 9.97 Å². The number of piperidine rings is 2. The highest BCUT2D eigenvalue weighted by molar-refractivity contribution is 7.13. The van der Waals surface area contributed by atoms with Crippen LogP contribution in [0.3, 0.4) is 0 Å². The molecule has 9 heteroatoms. The topological polar surface area (TPSA) is 111 Å². The molecule has 2 bridgehead atoms. The zero-order valence-electron chi connectivity index (χ0n) is 20.0. The Hall–Kier alpha value is -3.09. The number of rotatable bonds is 5. The van der Waals surface area contributed by atoms with Crippen LogP contribution in [0.4, 0.5) is 5.82 Å². The highest BCUT2D eigenvalue weighted by Crippen LogP contribution is 2.45. The monoisotopic (exact) mass is 487 g/mol. The van der Waals surface area contributed by atoms with Gasteiger partial charge in [-0.15, -0.1) is 21.5 Å². The van der Waals surface area contributed by atoms with Gasteiger partial charge in [-0.3, -0.25) is 0 Å². The number of nitrogens with zero attached hydrogens (tertiary/aromatic N) is 6. The Balaban J connectivity index is 1.26. The molecule has 2 aliphatic heterocycles. The van der Waals surface area contributed by atoms with Crippen LogP contribution in [-0.4, -0.2) is 48.4 Å². The van der Waals surface area contributed by atoms with Crippen molar-refractivity contribution in [3.63, 3.8) is 0 Å². The first-order valence-electron chi connectivity index (χ1n) is 12.3. The van der Waals surface area contributed by atoms with Gasteiger partial charge in [-0.1, -0.05) is 6.07 Å². The van der Waals surface area contributed by atoms with Crippen LogP contribution in [0.2, 0.25) is 0 Å². The van der Waals surface area contributed by atoms with Gasteiger partial charge in [0.05, 0.1) is 11.8 Å². The molecule has 0 amide bonds. The van der Waals surface area contributed by atoms with E-state index in [1.807, 2.05) is 18.3 Å². The van der Waals surface area contributed by atoms with Gasteiger partial charge in [0.15, 0.2) is 17.3 Å². The summed E-state index contributed by atoms with van der Waals surface area (Å²) in [5, 5.41) is 35.0. The summed E-state index contributed by atoms with van der Waals surface area (Å²) >= 11 is 1.37. The van der Waals surface area contributed by atoms with Crippen molar-refractivity contribution in [1.82, 2.24) is 25.5 Å². The van der Waals surface area contributed by atoms with Crippen molar-refractivity contribution in [2.24, 2.45) is 0 Å². The number of fused-ring (bicyclic) bond motifs is 2. The lowest BCUT2D eigenvalue weighted by Crippen LogP contribution is -2.67. The van der Waals surface area contributed by atoms with Crippen molar-refractivity contribution >= 4 is 17.2 Å². The Labute approximate surface area is 209 Å². The molecule has 1 saturated carbocycles. The fourth-order valence-corrected chi connectivity index (χ4v) is 6.93. The standard InChI is InChI=1S/C26H29N7OS/c1-25-8-3-9-26(2,32-25)12-19(11-25)33(18-5-6-18)22-14-28-23(31-30-22)20-7-4-16(10-21(20)34)24-29-17(13-27)15-35-24/h4,7,10,14-15,18-19,32,34H,3,5-6,8-9,11-12H2,1-2H3/t19?,25-,26+. The van der Waals surface area contributed by atoms with E-state index in [-0.39, 0.29) is 16.8 Å². The minimum absolute atomic E-state index is 0.0665. The molecule has 3 aliphatic rings. The van der Waals surface area contributed by atoms with Crippen LogP contribution in [0.15, 0.2) is 29.8 Å². The molecule has 6 rings (SSSR count). The fourth-order valence-electron chi connectivity index (χ4n) is 6.18. The average Bonchev–Trinajstić information content (AvgIpc) is 3.53. The quantitative estimate of drug-likeness (QED) is 0.534. The SMILES string of the molecule is C[C@]12CCC[C@](C)(CC(N(c3cnc(-c4ccc(-c5nc(C#N)cs5)cc4O)nn3)C3CC3)C1)N2. The van der Waals surface area contributed by atoms with E-state index in [1.165, 1.54) is 43.4 Å². The number of aromatic nitrogens is 4. The lowest BCUT2D eigenvalue weighted by atomic mass is 9.69. The van der Waals surface area contributed by atoms with Crippen LogP contribution in [0.1, 0.15) is 64.5 Å². The summed E-state index contributed by atoms with van der Waals surface area (Å²) in [5.41, 5.74) is 1.99. The van der Waals surface area contributed by atoms with E-state index in [2.05, 4.69) is 44.2 Å². The third-order valence-corrected chi connectivity index (χ3v) is 8.58. The number of anilines is 1. The van der Waals surface area contributed by atoms with E-state index in [4.69, 9.17) is 5.26 Å². The van der Waals surface area contributed by atoms with Crippen LogP contribution in [0.5, 0.6) is 5.75 Å². The van der Waals surface area contributed by atoms with Crippen molar-refractivity contribution in [1.29, 1.82) is 5.26 Å². The summed E-state index contributed by atoms with van der Waals surface area (Å²) in [6.45, 7) is 4.74. The van der Waals surface area contributed by atoms with Crippen molar-refractivity contribution in [2.75, 3.05) is 4.90 Å². The normalized spacial score (nSPS) is 27.9. The summed E-state index contributed by atoms with van der Waals surface area (Å²) in [4.78, 5) is 11.4. The zero-order chi connectivity index (χ0) is 24.2. The minimum atomic E-state index is 0.0665. The van der Waals surface area contributed by atoms with E-state index in [0.29, 0.717) is 34.2 Å². The summed E-state index contributed by atoms with van der Waals surface area (Å²) in [6, 6.07) is 8.25. The van der Waals surface area contributed by atoms with Gasteiger partial charge < -0.3 is 15.3 Å². The molecule has 3 fully saturated rings. The van der Waals surface area contributed by atoms with Crippen LogP contribution in [0, 0.1) is 11.3 Å². The van der Waals surface area contributed by atoms with Gasteiger partial charge in [0.1, 0.15) is 16.8 Å². The summed E-state index contributed by atoms with van der Waals surface area (Å²) in [7, 11) is 0. The molecule has 4 heterocycles. The first kappa shape index (κ1) is 22.4. The number of nitriles is 1. The van der Waals surface area contributed by atoms with Gasteiger partial charge in [0, 0.05) is 34.1 Å². The van der Waals surface area contributed by atoms with Gasteiger partial charge >= 0.3 is 0 Å². The number of hydrogen-bond acceptors (Lipinski definition) is 9. The van der Waals surface area contributed by atoms with Gasteiger partial charge in [0.25, 0.3) is 0 Å². The lowest BCUT2D eigenvalue weighted by molar-refractivity contribution is 0.0766. The molecule has 8 nitrogen and oxygen atoms in total. The number of phenols is 1. The minimum Gasteiger partial charge on any atom is -0.507 e. The predicted octanol–water partition coefficient (Wildman–Crippen LogP) is 4.66. The molecule has 2 aromatic heterocycles. The summed E-state index contributed by atoms with van der Waals surface area (Å²) in [5.74, 6) is 1.29. The largest absolute Gasteiger partial charge is 0.507 e. The fraction of sp³-hybridized carbons (Fsp3) is 0.500. The number of thiazole rings is 1. The first-order valence-corrected chi connectivity index (χ1v) is 13.2. The molecule has 180 valence electrons. The molecule has 3 atom stereocenters. The molecule has 0 spiro atoms. The highest BCUT2D eigenvalue weighted by Gasteiger charge is 2.49. The van der Waals surface area contributed by atoms with Crippen LogP contribution in [0.25, 0.3) is 22.0 Å². The Morgan fingerprint density at radius 2 is 1.91 bits per heavy atom. The molecule has 1 aliphatic carbocycles. The Morgan fingerprint density at radius 1 is 1.14 bits per heavy atom. The second-order valence-corrected chi connectivity index (χ2v) is 11.7. The maximum absolute atomic E-state index is 10.7. The second kappa shape index (κ2) is 8.25. The van der Waals surface area contributed by atoms with Crippen molar-refractivity contribution < 1.29 is 5.11 Å². The average molecular weight is 488 g/mol. The number of hydrogen-bond donors (Lipinski definition) is 2. The van der Waals surface area contributed by atoms with Crippen LogP contribution < -0.4 is 10.2 Å². The molecule has 1 aromatic carbocycles. The Morgan fingerprint density at radius 3 is 2.51 bits per heavy atom. The molecular formula is C26H29N7OS. The van der Waals surface area contributed by atoms with Crippen molar-refractivity contribution in [2.45, 2.75) is 82.0 Å². The van der Waals surface area contributed by atoms with E-state index in [1.54, 1.807) is 17.5 Å². The predicted molar refractivity (Wildman–Crippen MR) is 135 cm³/mol. The molecule has 3 aromatic rings. The van der Waals surface area contributed by atoms with E-state index >= 15 is 0 Å². The number of nitrogens with one attached hydrogen (secondary N) is 1. The van der Waals surface area contributed by atoms with Crippen molar-refractivity contribution in [3.05, 3.63) is 35.5 Å². The number of benzene rings is 1. The van der Waals surface area contributed by atoms with Crippen LogP contribution >= 0.6 is 11.3 Å². The lowest BCUT2D eigenvalue weighted by Gasteiger charge is -2.55. The summed E-state index contributed by atoms with van der Waals surface area (Å²) in [6.07, 6.45) is 10.1. The second-order valence-electron chi connectivity index (χ2n) is 10.8. The van der Waals surface area contributed by atoms with E-state index < -0.39 is 0 Å². The molecule has 0 radical (unpaired) electrons. The van der Waals surface area contributed by atoms with Gasteiger partial charge in [-0.05, 0) is 70.9 Å². The summed E-state index contributed by atoms with van der Waals surface area (Å²) < 4.78 is 0. The first-order chi connectivity index (χ1) is 16.8. The van der Waals surface area contributed by atoms with Crippen molar-refractivity contribution in [3.8, 4) is 33.8 Å². The number of phenolic OH excluding ortho intramolecular Hbond substituents is 1. The molecular weight excluding hydrogens is 458 g/mol. The molecule has 2 N–H and O–H groups in total.